The molecule has 0 saturated carbocycles. The highest BCUT2D eigenvalue weighted by atomic mass is 32.1. The number of carbonyl (C=O) groups excluding carboxylic acids is 2. The van der Waals surface area contributed by atoms with Gasteiger partial charge in [-0.2, -0.15) is 12.6 Å². The van der Waals surface area contributed by atoms with Crippen LogP contribution < -0.4 is 0 Å². The molecule has 3 nitrogen and oxygen atoms in total. The molecule has 0 radical (unpaired) electrons. The Kier molecular flexibility index (Phi) is 2.71. The molecule has 0 aromatic carbocycles. The first kappa shape index (κ1) is 10.6. The number of carbonyl (C=O) groups is 2. The van der Waals surface area contributed by atoms with Crippen molar-refractivity contribution in [3.05, 3.63) is 0 Å². The Bertz CT molecular complexity index is 228. The average molecular weight is 201 g/mol. The summed E-state index contributed by atoms with van der Waals surface area (Å²) in [6.07, 6.45) is 0.695. The van der Waals surface area contributed by atoms with Crippen molar-refractivity contribution < 1.29 is 9.59 Å². The fourth-order valence-electron chi connectivity index (χ4n) is 1.60. The Morgan fingerprint density at radius 3 is 2.00 bits per heavy atom. The van der Waals surface area contributed by atoms with Gasteiger partial charge in [0, 0.05) is 23.6 Å². The van der Waals surface area contributed by atoms with Gasteiger partial charge in [-0.25, -0.2) is 0 Å². The molecule has 0 unspecified atom stereocenters. The van der Waals surface area contributed by atoms with Crippen LogP contribution in [0.2, 0.25) is 0 Å². The fourth-order valence-corrected chi connectivity index (χ4v) is 1.87. The molecular formula is C9H15NO2S. The van der Waals surface area contributed by atoms with Crippen LogP contribution in [-0.4, -0.2) is 27.5 Å². The van der Waals surface area contributed by atoms with E-state index in [1.807, 2.05) is 20.8 Å². The second-order valence-corrected chi connectivity index (χ2v) is 5.18. The first-order valence-corrected chi connectivity index (χ1v) is 4.85. The summed E-state index contributed by atoms with van der Waals surface area (Å²) in [5.74, 6) is -0.215. The molecule has 1 heterocycles. The summed E-state index contributed by atoms with van der Waals surface area (Å²) in [6, 6.07) is -0.0376. The van der Waals surface area contributed by atoms with Crippen LogP contribution in [-0.2, 0) is 9.59 Å². The van der Waals surface area contributed by atoms with Gasteiger partial charge in [-0.1, -0.05) is 0 Å². The minimum absolute atomic E-state index is 0.0376. The Labute approximate surface area is 83.9 Å². The van der Waals surface area contributed by atoms with E-state index in [9.17, 15) is 9.59 Å². The van der Waals surface area contributed by atoms with Crippen molar-refractivity contribution in [2.75, 3.05) is 0 Å². The summed E-state index contributed by atoms with van der Waals surface area (Å²) in [5, 5.41) is 0. The summed E-state index contributed by atoms with van der Waals surface area (Å²) < 4.78 is -0.459. The third-order valence-electron chi connectivity index (χ3n) is 2.12. The van der Waals surface area contributed by atoms with Gasteiger partial charge in [0.25, 0.3) is 0 Å². The second-order valence-electron chi connectivity index (χ2n) is 4.10. The van der Waals surface area contributed by atoms with Gasteiger partial charge in [-0.3, -0.25) is 14.5 Å². The number of thiol groups is 1. The standard InChI is InChI=1S/C9H15NO2S/c1-6(2)10-7(11)4-9(3,13)5-8(10)12/h6,13H,4-5H2,1-3H3. The van der Waals surface area contributed by atoms with Gasteiger partial charge >= 0.3 is 0 Å². The highest BCUT2D eigenvalue weighted by Crippen LogP contribution is 2.30. The lowest BCUT2D eigenvalue weighted by Crippen LogP contribution is -2.50. The predicted molar refractivity (Wildman–Crippen MR) is 53.6 cm³/mol. The number of piperidine rings is 1. The molecule has 2 amide bonds. The molecular weight excluding hydrogens is 186 g/mol. The average Bonchev–Trinajstić information content (AvgIpc) is 1.78. The van der Waals surface area contributed by atoms with Crippen LogP contribution in [0.15, 0.2) is 0 Å². The van der Waals surface area contributed by atoms with Crippen molar-refractivity contribution in [2.45, 2.75) is 44.4 Å². The van der Waals surface area contributed by atoms with E-state index in [0.717, 1.165) is 0 Å². The van der Waals surface area contributed by atoms with Crippen molar-refractivity contribution in [3.8, 4) is 0 Å². The fraction of sp³-hybridized carbons (Fsp3) is 0.778. The Hall–Kier alpha value is -0.510. The van der Waals surface area contributed by atoms with Crippen LogP contribution in [0.1, 0.15) is 33.6 Å². The Morgan fingerprint density at radius 2 is 1.69 bits per heavy atom. The van der Waals surface area contributed by atoms with Crippen LogP contribution in [0.25, 0.3) is 0 Å². The third kappa shape index (κ3) is 2.24. The lowest BCUT2D eigenvalue weighted by molar-refractivity contribution is -0.150. The van der Waals surface area contributed by atoms with Gasteiger partial charge in [0.15, 0.2) is 0 Å². The number of nitrogens with zero attached hydrogens (tertiary/aromatic N) is 1. The molecule has 0 aliphatic carbocycles. The Morgan fingerprint density at radius 1 is 1.31 bits per heavy atom. The highest BCUT2D eigenvalue weighted by molar-refractivity contribution is 7.81. The minimum atomic E-state index is -0.459. The van der Waals surface area contributed by atoms with Gasteiger partial charge in [-0.05, 0) is 20.8 Å². The minimum Gasteiger partial charge on any atom is -0.280 e. The van der Waals surface area contributed by atoms with Crippen molar-refractivity contribution in [2.24, 2.45) is 0 Å². The zero-order chi connectivity index (χ0) is 10.2. The molecule has 0 aromatic rings. The van der Waals surface area contributed by atoms with E-state index >= 15 is 0 Å². The first-order valence-electron chi connectivity index (χ1n) is 4.41. The van der Waals surface area contributed by atoms with E-state index in [1.54, 1.807) is 0 Å². The Balaban J connectivity index is 2.83. The highest BCUT2D eigenvalue weighted by Gasteiger charge is 2.39. The van der Waals surface area contributed by atoms with Crippen LogP contribution in [0.3, 0.4) is 0 Å². The van der Waals surface area contributed by atoms with Crippen LogP contribution in [0.4, 0.5) is 0 Å². The summed E-state index contributed by atoms with van der Waals surface area (Å²) in [4.78, 5) is 24.4. The van der Waals surface area contributed by atoms with Gasteiger partial charge in [-0.15, -0.1) is 0 Å². The molecule has 74 valence electrons. The number of imide groups is 1. The SMILES string of the molecule is CC(C)N1C(=O)CC(C)(S)CC1=O. The van der Waals surface area contributed by atoms with E-state index in [4.69, 9.17) is 0 Å². The van der Waals surface area contributed by atoms with E-state index < -0.39 is 4.75 Å². The van der Waals surface area contributed by atoms with Gasteiger partial charge in [0.05, 0.1) is 0 Å². The number of hydrogen-bond acceptors (Lipinski definition) is 3. The first-order chi connectivity index (χ1) is 5.83. The van der Waals surface area contributed by atoms with E-state index in [0.29, 0.717) is 12.8 Å². The van der Waals surface area contributed by atoms with Gasteiger partial charge in [0.2, 0.25) is 11.8 Å². The maximum Gasteiger partial charge on any atom is 0.230 e. The zero-order valence-corrected chi connectivity index (χ0v) is 9.10. The summed E-state index contributed by atoms with van der Waals surface area (Å²) in [6.45, 7) is 5.51. The van der Waals surface area contributed by atoms with Gasteiger partial charge < -0.3 is 0 Å². The molecule has 0 bridgehead atoms. The van der Waals surface area contributed by atoms with E-state index in [2.05, 4.69) is 12.6 Å². The second kappa shape index (κ2) is 3.33. The number of hydrogen-bond donors (Lipinski definition) is 1. The molecule has 4 heteroatoms. The van der Waals surface area contributed by atoms with Crippen molar-refractivity contribution >= 4 is 24.4 Å². The van der Waals surface area contributed by atoms with Gasteiger partial charge in [0.1, 0.15) is 0 Å². The van der Waals surface area contributed by atoms with E-state index in [1.165, 1.54) is 4.90 Å². The molecule has 1 fully saturated rings. The summed E-state index contributed by atoms with van der Waals surface area (Å²) >= 11 is 4.28. The molecule has 1 saturated heterocycles. The lowest BCUT2D eigenvalue weighted by atomic mass is 9.95. The lowest BCUT2D eigenvalue weighted by Gasteiger charge is -2.36. The smallest absolute Gasteiger partial charge is 0.230 e. The quantitative estimate of drug-likeness (QED) is 0.512. The number of likely N-dealkylation sites (tertiary alicyclic amines) is 1. The van der Waals surface area contributed by atoms with Crippen molar-refractivity contribution in [3.63, 3.8) is 0 Å². The molecule has 0 atom stereocenters. The van der Waals surface area contributed by atoms with Crippen LogP contribution in [0.5, 0.6) is 0 Å². The number of amides is 2. The summed E-state index contributed by atoms with van der Waals surface area (Å²) in [7, 11) is 0. The van der Waals surface area contributed by atoms with Crippen LogP contribution >= 0.6 is 12.6 Å². The molecule has 0 aromatic heterocycles. The molecule has 1 aliphatic rings. The van der Waals surface area contributed by atoms with Crippen molar-refractivity contribution in [1.82, 2.24) is 4.90 Å². The molecule has 1 aliphatic heterocycles. The topological polar surface area (TPSA) is 37.4 Å². The molecule has 13 heavy (non-hydrogen) atoms. The molecule has 1 rings (SSSR count). The summed E-state index contributed by atoms with van der Waals surface area (Å²) in [5.41, 5.74) is 0. The molecule has 0 spiro atoms. The zero-order valence-electron chi connectivity index (χ0n) is 8.20. The largest absolute Gasteiger partial charge is 0.280 e. The monoisotopic (exact) mass is 201 g/mol. The molecule has 0 N–H and O–H groups in total. The number of rotatable bonds is 1. The van der Waals surface area contributed by atoms with Crippen LogP contribution in [0, 0.1) is 0 Å². The van der Waals surface area contributed by atoms with E-state index in [-0.39, 0.29) is 17.9 Å². The van der Waals surface area contributed by atoms with Crippen molar-refractivity contribution in [1.29, 1.82) is 0 Å². The maximum absolute atomic E-state index is 11.5. The maximum atomic E-state index is 11.5. The third-order valence-corrected chi connectivity index (χ3v) is 2.43. The normalized spacial score (nSPS) is 22.7. The predicted octanol–water partition coefficient (Wildman–Crippen LogP) is 1.23.